The van der Waals surface area contributed by atoms with Gasteiger partial charge in [0.1, 0.15) is 0 Å². The number of fused-ring (bicyclic) bond motifs is 1. The first kappa shape index (κ1) is 20.6. The van der Waals surface area contributed by atoms with Crippen LogP contribution in [0.4, 0.5) is 0 Å². The van der Waals surface area contributed by atoms with Gasteiger partial charge in [-0.25, -0.2) is 8.42 Å². The number of hydrogen-bond acceptors (Lipinski definition) is 4. The summed E-state index contributed by atoms with van der Waals surface area (Å²) in [4.78, 5) is 14.7. The van der Waals surface area contributed by atoms with E-state index in [2.05, 4.69) is 12.1 Å². The molecule has 0 radical (unpaired) electrons. The van der Waals surface area contributed by atoms with E-state index in [4.69, 9.17) is 5.26 Å². The molecule has 1 amide bonds. The SMILES string of the molecule is N#Cc1ccc(S(=O)(=O)N2CCN(C(=O)Cc3ccc4c(c3)CCCC4)CC2)cc1. The van der Waals surface area contributed by atoms with Crippen LogP contribution in [0.2, 0.25) is 0 Å². The highest BCUT2D eigenvalue weighted by atomic mass is 32.2. The van der Waals surface area contributed by atoms with Gasteiger partial charge in [-0.15, -0.1) is 0 Å². The molecule has 156 valence electrons. The quantitative estimate of drug-likeness (QED) is 0.757. The molecular weight excluding hydrogens is 398 g/mol. The predicted molar refractivity (Wildman–Crippen MR) is 113 cm³/mol. The number of amides is 1. The molecule has 0 spiro atoms. The van der Waals surface area contributed by atoms with Gasteiger partial charge in [-0.05, 0) is 66.6 Å². The number of aryl methyl sites for hydroxylation is 2. The summed E-state index contributed by atoms with van der Waals surface area (Å²) >= 11 is 0. The van der Waals surface area contributed by atoms with Gasteiger partial charge in [-0.2, -0.15) is 9.57 Å². The summed E-state index contributed by atoms with van der Waals surface area (Å²) < 4.78 is 27.1. The van der Waals surface area contributed by atoms with Crippen LogP contribution in [0, 0.1) is 11.3 Å². The minimum Gasteiger partial charge on any atom is -0.340 e. The van der Waals surface area contributed by atoms with Crippen LogP contribution in [0.25, 0.3) is 0 Å². The lowest BCUT2D eigenvalue weighted by Crippen LogP contribution is -2.50. The van der Waals surface area contributed by atoms with Crippen LogP contribution < -0.4 is 0 Å². The van der Waals surface area contributed by atoms with Gasteiger partial charge in [0.2, 0.25) is 15.9 Å². The molecule has 30 heavy (non-hydrogen) atoms. The van der Waals surface area contributed by atoms with Gasteiger partial charge in [0.15, 0.2) is 0 Å². The molecule has 0 aromatic heterocycles. The first-order chi connectivity index (χ1) is 14.5. The highest BCUT2D eigenvalue weighted by molar-refractivity contribution is 7.89. The number of nitriles is 1. The molecule has 0 bridgehead atoms. The van der Waals surface area contributed by atoms with Crippen molar-refractivity contribution in [3.8, 4) is 6.07 Å². The van der Waals surface area contributed by atoms with Crippen molar-refractivity contribution in [1.82, 2.24) is 9.21 Å². The van der Waals surface area contributed by atoms with Crippen molar-refractivity contribution < 1.29 is 13.2 Å². The molecule has 0 unspecified atom stereocenters. The van der Waals surface area contributed by atoms with E-state index < -0.39 is 10.0 Å². The molecule has 1 aliphatic heterocycles. The number of carbonyl (C=O) groups excluding carboxylic acids is 1. The maximum absolute atomic E-state index is 12.8. The minimum atomic E-state index is -3.62. The van der Waals surface area contributed by atoms with Gasteiger partial charge in [-0.3, -0.25) is 4.79 Å². The molecule has 7 heteroatoms. The summed E-state index contributed by atoms with van der Waals surface area (Å²) in [7, 11) is -3.62. The lowest BCUT2D eigenvalue weighted by molar-refractivity contribution is -0.131. The van der Waals surface area contributed by atoms with Crippen molar-refractivity contribution in [2.45, 2.75) is 37.0 Å². The van der Waals surface area contributed by atoms with E-state index in [9.17, 15) is 13.2 Å². The molecule has 0 atom stereocenters. The Morgan fingerprint density at radius 3 is 2.27 bits per heavy atom. The highest BCUT2D eigenvalue weighted by Crippen LogP contribution is 2.23. The Hall–Kier alpha value is -2.69. The Bertz CT molecular complexity index is 1080. The van der Waals surface area contributed by atoms with Crippen molar-refractivity contribution in [3.63, 3.8) is 0 Å². The van der Waals surface area contributed by atoms with E-state index in [1.807, 2.05) is 12.1 Å². The lowest BCUT2D eigenvalue weighted by Gasteiger charge is -2.34. The monoisotopic (exact) mass is 423 g/mol. The number of sulfonamides is 1. The second-order valence-electron chi connectivity index (χ2n) is 7.91. The molecule has 6 nitrogen and oxygen atoms in total. The zero-order valence-electron chi connectivity index (χ0n) is 16.9. The van der Waals surface area contributed by atoms with Crippen molar-refractivity contribution >= 4 is 15.9 Å². The average molecular weight is 424 g/mol. The normalized spacial score (nSPS) is 17.2. The Morgan fingerprint density at radius 1 is 0.933 bits per heavy atom. The van der Waals surface area contributed by atoms with Crippen molar-refractivity contribution in [1.29, 1.82) is 5.26 Å². The third kappa shape index (κ3) is 4.25. The maximum Gasteiger partial charge on any atom is 0.243 e. The molecule has 1 saturated heterocycles. The molecule has 2 aromatic rings. The number of piperazine rings is 1. The standard InChI is InChI=1S/C23H25N3O3S/c24-17-18-6-9-22(10-7-18)30(28,29)26-13-11-25(12-14-26)23(27)16-19-5-8-20-3-1-2-4-21(20)15-19/h5-10,15H,1-4,11-14,16H2. The van der Waals surface area contributed by atoms with E-state index in [0.717, 1.165) is 18.4 Å². The molecule has 1 heterocycles. The first-order valence-electron chi connectivity index (χ1n) is 10.4. The Labute approximate surface area is 177 Å². The molecule has 1 fully saturated rings. The molecular formula is C23H25N3O3S. The zero-order chi connectivity index (χ0) is 21.1. The maximum atomic E-state index is 12.8. The smallest absolute Gasteiger partial charge is 0.243 e. The average Bonchev–Trinajstić information content (AvgIpc) is 2.79. The van der Waals surface area contributed by atoms with Gasteiger partial charge >= 0.3 is 0 Å². The van der Waals surface area contributed by atoms with Crippen molar-refractivity contribution in [2.24, 2.45) is 0 Å². The number of benzene rings is 2. The zero-order valence-corrected chi connectivity index (χ0v) is 17.7. The molecule has 2 aliphatic rings. The summed E-state index contributed by atoms with van der Waals surface area (Å²) in [5, 5.41) is 8.88. The minimum absolute atomic E-state index is 0.0428. The van der Waals surface area contributed by atoms with Crippen LogP contribution in [-0.4, -0.2) is 49.7 Å². The molecule has 2 aromatic carbocycles. The first-order valence-corrected chi connectivity index (χ1v) is 11.8. The Balaban J connectivity index is 1.36. The number of nitrogens with zero attached hydrogens (tertiary/aromatic N) is 3. The predicted octanol–water partition coefficient (Wildman–Crippen LogP) is 2.51. The summed E-state index contributed by atoms with van der Waals surface area (Å²) in [6.45, 7) is 1.33. The van der Waals surface area contributed by atoms with Crippen LogP contribution in [-0.2, 0) is 34.1 Å². The fourth-order valence-corrected chi connectivity index (χ4v) is 5.63. The highest BCUT2D eigenvalue weighted by Gasteiger charge is 2.30. The van der Waals surface area contributed by atoms with Gasteiger partial charge in [-0.1, -0.05) is 18.2 Å². The van der Waals surface area contributed by atoms with Gasteiger partial charge in [0, 0.05) is 26.2 Å². The summed E-state index contributed by atoms with van der Waals surface area (Å²) in [6.07, 6.45) is 5.01. The third-order valence-corrected chi connectivity index (χ3v) is 7.89. The molecule has 0 saturated carbocycles. The number of hydrogen-bond donors (Lipinski definition) is 0. The fraction of sp³-hybridized carbons (Fsp3) is 0.391. The van der Waals surface area contributed by atoms with E-state index in [-0.39, 0.29) is 23.9 Å². The van der Waals surface area contributed by atoms with Crippen LogP contribution in [0.15, 0.2) is 47.4 Å². The van der Waals surface area contributed by atoms with Gasteiger partial charge < -0.3 is 4.90 Å². The number of carbonyl (C=O) groups is 1. The largest absolute Gasteiger partial charge is 0.340 e. The van der Waals surface area contributed by atoms with E-state index in [1.54, 1.807) is 4.90 Å². The van der Waals surface area contributed by atoms with E-state index in [1.165, 1.54) is 52.5 Å². The van der Waals surface area contributed by atoms with Crippen molar-refractivity contribution in [3.05, 3.63) is 64.7 Å². The molecule has 4 rings (SSSR count). The van der Waals surface area contributed by atoms with E-state index in [0.29, 0.717) is 25.1 Å². The molecule has 1 aliphatic carbocycles. The summed E-state index contributed by atoms with van der Waals surface area (Å²) in [5.41, 5.74) is 4.23. The molecule has 0 N–H and O–H groups in total. The Morgan fingerprint density at radius 2 is 1.60 bits per heavy atom. The van der Waals surface area contributed by atoms with E-state index >= 15 is 0 Å². The summed E-state index contributed by atoms with van der Waals surface area (Å²) in [5.74, 6) is 0.0428. The lowest BCUT2D eigenvalue weighted by atomic mass is 9.90. The second kappa shape index (κ2) is 8.58. The second-order valence-corrected chi connectivity index (χ2v) is 9.85. The van der Waals surface area contributed by atoms with Crippen molar-refractivity contribution in [2.75, 3.05) is 26.2 Å². The fourth-order valence-electron chi connectivity index (χ4n) is 4.21. The summed E-state index contributed by atoms with van der Waals surface area (Å²) in [6, 6.07) is 14.3. The third-order valence-electron chi connectivity index (χ3n) is 5.98. The van der Waals surface area contributed by atoms with Crippen LogP contribution in [0.1, 0.15) is 35.1 Å². The topological polar surface area (TPSA) is 81.5 Å². The van der Waals surface area contributed by atoms with Crippen LogP contribution >= 0.6 is 0 Å². The van der Waals surface area contributed by atoms with Crippen LogP contribution in [0.5, 0.6) is 0 Å². The Kier molecular flexibility index (Phi) is 5.89. The van der Waals surface area contributed by atoms with Gasteiger partial charge in [0.25, 0.3) is 0 Å². The van der Waals surface area contributed by atoms with Crippen LogP contribution in [0.3, 0.4) is 0 Å². The number of rotatable bonds is 4. The van der Waals surface area contributed by atoms with Gasteiger partial charge in [0.05, 0.1) is 22.9 Å².